The van der Waals surface area contributed by atoms with Crippen molar-refractivity contribution in [3.63, 3.8) is 0 Å². The Bertz CT molecular complexity index is 986. The van der Waals surface area contributed by atoms with Gasteiger partial charge in [0.15, 0.2) is 5.58 Å². The molecule has 28 heavy (non-hydrogen) atoms. The van der Waals surface area contributed by atoms with Crippen LogP contribution in [0.5, 0.6) is 5.75 Å². The van der Waals surface area contributed by atoms with Gasteiger partial charge in [0.05, 0.1) is 11.7 Å². The van der Waals surface area contributed by atoms with Gasteiger partial charge in [-0.1, -0.05) is 18.5 Å². The van der Waals surface area contributed by atoms with E-state index in [0.29, 0.717) is 40.5 Å². The Morgan fingerprint density at radius 1 is 1.36 bits per heavy atom. The molecule has 1 aliphatic rings. The van der Waals surface area contributed by atoms with Crippen molar-refractivity contribution < 1.29 is 13.9 Å². The van der Waals surface area contributed by atoms with Crippen molar-refractivity contribution >= 4 is 28.8 Å². The first-order valence-corrected chi connectivity index (χ1v) is 9.72. The minimum atomic E-state index is -0.949. The van der Waals surface area contributed by atoms with E-state index in [1.807, 2.05) is 6.92 Å². The first kappa shape index (κ1) is 19.0. The van der Waals surface area contributed by atoms with E-state index in [0.717, 1.165) is 18.7 Å². The topological polar surface area (TPSA) is 74.4 Å². The third-order valence-corrected chi connectivity index (χ3v) is 5.38. The summed E-state index contributed by atoms with van der Waals surface area (Å²) in [5.74, 6) is 0.0563. The van der Waals surface area contributed by atoms with Gasteiger partial charge in [0.25, 0.3) is 6.01 Å². The maximum atomic E-state index is 14.3. The number of aryl methyl sites for hydroxylation is 1. The number of fused-ring (bicyclic) bond motifs is 1. The Balaban J connectivity index is 1.62. The van der Waals surface area contributed by atoms with Crippen molar-refractivity contribution in [1.29, 1.82) is 0 Å². The van der Waals surface area contributed by atoms with Gasteiger partial charge in [-0.25, -0.2) is 9.37 Å². The highest BCUT2D eigenvalue weighted by Gasteiger charge is 2.29. The SMILES string of the molecule is CCN1CC[C@@H](F)[C@@H](Nc2nc3nc(-c4c(C)cc(Cl)cc4O)ccc3o2)C1. The highest BCUT2D eigenvalue weighted by molar-refractivity contribution is 6.31. The average molecular weight is 405 g/mol. The summed E-state index contributed by atoms with van der Waals surface area (Å²) in [7, 11) is 0. The fourth-order valence-corrected chi connectivity index (χ4v) is 3.92. The molecule has 2 N–H and O–H groups in total. The molecule has 1 fully saturated rings. The lowest BCUT2D eigenvalue weighted by Gasteiger charge is -2.34. The molecule has 148 valence electrons. The van der Waals surface area contributed by atoms with Crippen LogP contribution in [0.15, 0.2) is 28.7 Å². The van der Waals surface area contributed by atoms with Crippen LogP contribution in [-0.4, -0.2) is 51.8 Å². The summed E-state index contributed by atoms with van der Waals surface area (Å²) in [5, 5.41) is 13.8. The number of piperidine rings is 1. The molecule has 0 saturated carbocycles. The Morgan fingerprint density at radius 2 is 2.18 bits per heavy atom. The highest BCUT2D eigenvalue weighted by Crippen LogP contribution is 2.35. The highest BCUT2D eigenvalue weighted by atomic mass is 35.5. The van der Waals surface area contributed by atoms with Crippen molar-refractivity contribution in [2.45, 2.75) is 32.5 Å². The van der Waals surface area contributed by atoms with Crippen molar-refractivity contribution in [3.8, 4) is 17.0 Å². The van der Waals surface area contributed by atoms with Gasteiger partial charge in [-0.15, -0.1) is 0 Å². The van der Waals surface area contributed by atoms with E-state index in [-0.39, 0.29) is 17.8 Å². The molecule has 1 aliphatic heterocycles. The summed E-state index contributed by atoms with van der Waals surface area (Å²) >= 11 is 5.98. The van der Waals surface area contributed by atoms with Gasteiger partial charge < -0.3 is 19.7 Å². The van der Waals surface area contributed by atoms with E-state index >= 15 is 0 Å². The van der Waals surface area contributed by atoms with Gasteiger partial charge in [-0.05, 0) is 49.7 Å². The minimum absolute atomic E-state index is 0.0563. The number of phenolic OH excluding ortho intramolecular Hbond substituents is 1. The van der Waals surface area contributed by atoms with Gasteiger partial charge in [0, 0.05) is 23.7 Å². The number of hydrogen-bond acceptors (Lipinski definition) is 6. The molecule has 3 heterocycles. The molecule has 6 nitrogen and oxygen atoms in total. The predicted octanol–water partition coefficient (Wildman–Crippen LogP) is 4.40. The minimum Gasteiger partial charge on any atom is -0.507 e. The molecule has 1 aromatic carbocycles. The number of hydrogen-bond donors (Lipinski definition) is 2. The molecule has 0 unspecified atom stereocenters. The van der Waals surface area contributed by atoms with E-state index in [2.05, 4.69) is 27.1 Å². The van der Waals surface area contributed by atoms with Crippen molar-refractivity contribution in [3.05, 3.63) is 34.9 Å². The molecule has 8 heteroatoms. The van der Waals surface area contributed by atoms with Crippen molar-refractivity contribution in [2.24, 2.45) is 0 Å². The zero-order valence-corrected chi connectivity index (χ0v) is 16.5. The van der Waals surface area contributed by atoms with Crippen LogP contribution in [-0.2, 0) is 0 Å². The molecule has 0 aliphatic carbocycles. The molecule has 2 atom stereocenters. The van der Waals surface area contributed by atoms with Crippen LogP contribution in [0.3, 0.4) is 0 Å². The third-order valence-electron chi connectivity index (χ3n) is 5.16. The van der Waals surface area contributed by atoms with Crippen LogP contribution < -0.4 is 5.32 Å². The molecule has 1 saturated heterocycles. The van der Waals surface area contributed by atoms with Gasteiger partial charge in [0.2, 0.25) is 5.65 Å². The molecule has 2 aromatic heterocycles. The lowest BCUT2D eigenvalue weighted by Crippen LogP contribution is -2.48. The standard InChI is InChI=1S/C20H22ClFN4O2/c1-3-26-7-6-13(22)15(10-26)24-20-25-19-17(28-20)5-4-14(23-19)18-11(2)8-12(21)9-16(18)27/h4-5,8-9,13,15,27H,3,6-7,10H2,1-2H3,(H,23,24,25)/t13-,15+/m1/s1. The summed E-state index contributed by atoms with van der Waals surface area (Å²) in [6, 6.07) is 6.63. The largest absolute Gasteiger partial charge is 0.507 e. The molecule has 0 spiro atoms. The first-order chi connectivity index (χ1) is 13.4. The molecular formula is C20H22ClFN4O2. The van der Waals surface area contributed by atoms with Gasteiger partial charge >= 0.3 is 0 Å². The Morgan fingerprint density at radius 3 is 2.93 bits per heavy atom. The number of aromatic hydroxyl groups is 1. The molecular weight excluding hydrogens is 383 g/mol. The zero-order chi connectivity index (χ0) is 19.8. The smallest absolute Gasteiger partial charge is 0.297 e. The van der Waals surface area contributed by atoms with E-state index in [1.165, 1.54) is 6.07 Å². The molecule has 0 bridgehead atoms. The number of pyridine rings is 1. The number of likely N-dealkylation sites (N-methyl/N-ethyl adjacent to an activating group) is 1. The Hall–Kier alpha value is -2.38. The maximum absolute atomic E-state index is 14.3. The predicted molar refractivity (Wildman–Crippen MR) is 108 cm³/mol. The van der Waals surface area contributed by atoms with Crippen LogP contribution in [0.4, 0.5) is 10.4 Å². The van der Waals surface area contributed by atoms with Gasteiger partial charge in [0.1, 0.15) is 11.9 Å². The van der Waals surface area contributed by atoms with Crippen LogP contribution in [0.25, 0.3) is 22.5 Å². The fourth-order valence-electron chi connectivity index (χ4n) is 3.65. The van der Waals surface area contributed by atoms with Gasteiger partial charge in [-0.3, -0.25) is 0 Å². The monoisotopic (exact) mass is 404 g/mol. The number of nitrogens with zero attached hydrogens (tertiary/aromatic N) is 3. The quantitative estimate of drug-likeness (QED) is 0.671. The average Bonchev–Trinajstić information content (AvgIpc) is 3.04. The number of halogens is 2. The number of aromatic nitrogens is 2. The fraction of sp³-hybridized carbons (Fsp3) is 0.400. The number of anilines is 1. The van der Waals surface area contributed by atoms with E-state index in [1.54, 1.807) is 18.2 Å². The van der Waals surface area contributed by atoms with Crippen LogP contribution in [0.1, 0.15) is 18.9 Å². The second-order valence-electron chi connectivity index (χ2n) is 7.10. The lowest BCUT2D eigenvalue weighted by molar-refractivity contribution is 0.140. The number of oxazole rings is 1. The van der Waals surface area contributed by atoms with E-state index in [4.69, 9.17) is 16.0 Å². The number of alkyl halides is 1. The summed E-state index contributed by atoms with van der Waals surface area (Å²) in [6.07, 6.45) is -0.460. The molecule has 0 amide bonds. The Kier molecular flexibility index (Phi) is 5.12. The molecule has 4 rings (SSSR count). The number of phenols is 1. The number of rotatable bonds is 4. The van der Waals surface area contributed by atoms with Crippen molar-refractivity contribution in [1.82, 2.24) is 14.9 Å². The van der Waals surface area contributed by atoms with Crippen molar-refractivity contribution in [2.75, 3.05) is 25.0 Å². The Labute approximate surface area is 167 Å². The van der Waals surface area contributed by atoms with E-state index < -0.39 is 6.17 Å². The van der Waals surface area contributed by atoms with Crippen LogP contribution >= 0.6 is 11.6 Å². The summed E-state index contributed by atoms with van der Waals surface area (Å²) < 4.78 is 20.0. The molecule has 3 aromatic rings. The van der Waals surface area contributed by atoms with Crippen LogP contribution in [0.2, 0.25) is 5.02 Å². The molecule has 0 radical (unpaired) electrons. The summed E-state index contributed by atoms with van der Waals surface area (Å²) in [6.45, 7) is 6.17. The van der Waals surface area contributed by atoms with Gasteiger partial charge in [-0.2, -0.15) is 4.98 Å². The number of likely N-dealkylation sites (tertiary alicyclic amines) is 1. The maximum Gasteiger partial charge on any atom is 0.297 e. The number of benzene rings is 1. The zero-order valence-electron chi connectivity index (χ0n) is 15.7. The normalized spacial score (nSPS) is 20.6. The summed E-state index contributed by atoms with van der Waals surface area (Å²) in [4.78, 5) is 11.1. The first-order valence-electron chi connectivity index (χ1n) is 9.34. The lowest BCUT2D eigenvalue weighted by atomic mass is 10.0. The third kappa shape index (κ3) is 3.64. The number of nitrogens with one attached hydrogen (secondary N) is 1. The summed E-state index contributed by atoms with van der Waals surface area (Å²) in [5.41, 5.74) is 2.86. The van der Waals surface area contributed by atoms with E-state index in [9.17, 15) is 9.50 Å². The second-order valence-corrected chi connectivity index (χ2v) is 7.54. The second kappa shape index (κ2) is 7.56. The van der Waals surface area contributed by atoms with Crippen LogP contribution in [0, 0.1) is 6.92 Å².